The molecule has 2 nitrogen and oxygen atoms in total. The van der Waals surface area contributed by atoms with E-state index in [-0.39, 0.29) is 0 Å². The molecule has 1 aliphatic heterocycles. The molecule has 106 valence electrons. The highest BCUT2D eigenvalue weighted by atomic mass is 35.7. The molecule has 0 radical (unpaired) electrons. The van der Waals surface area contributed by atoms with E-state index < -0.39 is 8.32 Å². The third kappa shape index (κ3) is 4.70. The van der Waals surface area contributed by atoms with Gasteiger partial charge in [0.05, 0.1) is 0 Å². The normalized spacial score (nSPS) is 18.8. The van der Waals surface area contributed by atoms with Crippen LogP contribution in [0.5, 0.6) is 5.75 Å². The fraction of sp³-hybridized carbons (Fsp3) is 0.571. The van der Waals surface area contributed by atoms with Gasteiger partial charge in [0.2, 0.25) is 0 Å². The highest BCUT2D eigenvalue weighted by Crippen LogP contribution is 2.33. The predicted octanol–water partition coefficient (Wildman–Crippen LogP) is 4.87. The van der Waals surface area contributed by atoms with Gasteiger partial charge < -0.3 is 9.16 Å². The maximum atomic E-state index is 6.03. The van der Waals surface area contributed by atoms with E-state index in [2.05, 4.69) is 25.7 Å². The second kappa shape index (κ2) is 6.53. The van der Waals surface area contributed by atoms with Crippen molar-refractivity contribution in [1.82, 2.24) is 0 Å². The van der Waals surface area contributed by atoms with Crippen molar-refractivity contribution >= 4 is 30.0 Å². The van der Waals surface area contributed by atoms with E-state index in [1.165, 1.54) is 16.5 Å². The molecule has 0 bridgehead atoms. The zero-order chi connectivity index (χ0) is 13.9. The molecule has 0 saturated carbocycles. The fourth-order valence-corrected chi connectivity index (χ4v) is 3.49. The first-order chi connectivity index (χ1) is 8.98. The van der Waals surface area contributed by atoms with E-state index in [0.29, 0.717) is 6.10 Å². The first-order valence-electron chi connectivity index (χ1n) is 6.70. The van der Waals surface area contributed by atoms with E-state index in [0.717, 1.165) is 36.5 Å². The number of hydrogen-bond acceptors (Lipinski definition) is 3. The molecule has 1 heterocycles. The first-order valence-corrected chi connectivity index (χ1v) is 11.8. The first kappa shape index (κ1) is 15.2. The highest BCUT2D eigenvalue weighted by Gasteiger charge is 2.21. The van der Waals surface area contributed by atoms with Crippen LogP contribution in [0.25, 0.3) is 0 Å². The molecule has 0 fully saturated rings. The van der Waals surface area contributed by atoms with Crippen LogP contribution in [0.4, 0.5) is 0 Å². The summed E-state index contributed by atoms with van der Waals surface area (Å²) in [7, 11) is 5.63. The minimum absolute atomic E-state index is 0.290. The van der Waals surface area contributed by atoms with E-state index in [4.69, 9.17) is 19.8 Å². The zero-order valence-corrected chi connectivity index (χ0v) is 14.3. The summed E-state index contributed by atoms with van der Waals surface area (Å²) in [4.78, 5) is 1.09. The molecule has 0 N–H and O–H groups in total. The molecule has 19 heavy (non-hydrogen) atoms. The van der Waals surface area contributed by atoms with Gasteiger partial charge in [-0.05, 0) is 77.9 Å². The van der Waals surface area contributed by atoms with E-state index in [9.17, 15) is 0 Å². The van der Waals surface area contributed by atoms with Crippen LogP contribution in [0.15, 0.2) is 23.1 Å². The van der Waals surface area contributed by atoms with Gasteiger partial charge in [-0.2, -0.15) is 0 Å². The van der Waals surface area contributed by atoms with Gasteiger partial charge in [0.15, 0.2) is 8.32 Å². The molecule has 0 amide bonds. The lowest BCUT2D eigenvalue weighted by Crippen LogP contribution is -2.29. The van der Waals surface area contributed by atoms with Crippen molar-refractivity contribution in [3.05, 3.63) is 23.8 Å². The Balaban J connectivity index is 1.88. The van der Waals surface area contributed by atoms with Crippen molar-refractivity contribution in [2.24, 2.45) is 0 Å². The molecular formula is C14H21ClO2SSi. The van der Waals surface area contributed by atoms with Crippen molar-refractivity contribution in [2.45, 2.75) is 49.9 Å². The summed E-state index contributed by atoms with van der Waals surface area (Å²) in [5, 5.41) is 0. The Labute approximate surface area is 125 Å². The summed E-state index contributed by atoms with van der Waals surface area (Å²) < 4.78 is 11.9. The second-order valence-corrected chi connectivity index (χ2v) is 11.5. The molecule has 0 aromatic heterocycles. The van der Waals surface area contributed by atoms with Crippen LogP contribution in [0.1, 0.15) is 18.4 Å². The molecule has 1 aliphatic rings. The summed E-state index contributed by atoms with van der Waals surface area (Å²) in [6, 6.07) is 6.17. The third-order valence-corrected chi connectivity index (χ3v) is 5.16. The Kier molecular flexibility index (Phi) is 5.23. The molecule has 0 spiro atoms. The van der Waals surface area contributed by atoms with Crippen LogP contribution >= 0.6 is 21.7 Å². The zero-order valence-electron chi connectivity index (χ0n) is 11.7. The Bertz CT molecular complexity index is 434. The lowest BCUT2D eigenvalue weighted by Gasteiger charge is -2.27. The van der Waals surface area contributed by atoms with Gasteiger partial charge in [-0.25, -0.2) is 0 Å². The van der Waals surface area contributed by atoms with E-state index in [1.54, 1.807) is 0 Å². The smallest absolute Gasteiger partial charge is 0.183 e. The van der Waals surface area contributed by atoms with Gasteiger partial charge in [-0.15, -0.1) is 0 Å². The summed E-state index contributed by atoms with van der Waals surface area (Å²) >= 11 is 0. The van der Waals surface area contributed by atoms with Crippen LogP contribution in [0.2, 0.25) is 19.6 Å². The molecule has 1 aromatic carbocycles. The molecule has 0 aliphatic carbocycles. The number of rotatable bonds is 5. The lowest BCUT2D eigenvalue weighted by atomic mass is 10.0. The minimum atomic E-state index is -1.40. The van der Waals surface area contributed by atoms with Gasteiger partial charge in [-0.3, -0.25) is 0 Å². The van der Waals surface area contributed by atoms with Crippen LogP contribution in [-0.2, 0) is 10.8 Å². The number of benzene rings is 1. The molecule has 1 atom stereocenters. The van der Waals surface area contributed by atoms with Gasteiger partial charge >= 0.3 is 0 Å². The summed E-state index contributed by atoms with van der Waals surface area (Å²) in [6.45, 7) is 7.46. The molecule has 1 unspecified atom stereocenters. The van der Waals surface area contributed by atoms with Crippen LogP contribution in [0.3, 0.4) is 0 Å². The molecular weight excluding hydrogens is 296 g/mol. The highest BCUT2D eigenvalue weighted by molar-refractivity contribution is 8.21. The van der Waals surface area contributed by atoms with Crippen molar-refractivity contribution in [2.75, 3.05) is 6.61 Å². The van der Waals surface area contributed by atoms with Crippen molar-refractivity contribution in [3.63, 3.8) is 0 Å². The van der Waals surface area contributed by atoms with Gasteiger partial charge in [0.25, 0.3) is 0 Å². The maximum absolute atomic E-state index is 6.03. The van der Waals surface area contributed by atoms with Crippen molar-refractivity contribution in [3.8, 4) is 5.75 Å². The lowest BCUT2D eigenvalue weighted by molar-refractivity contribution is 0.138. The monoisotopic (exact) mass is 316 g/mol. The summed E-state index contributed by atoms with van der Waals surface area (Å²) in [5.74, 6) is 1.01. The Hall–Kier alpha value is -0.163. The summed E-state index contributed by atoms with van der Waals surface area (Å²) in [6.07, 6.45) is 3.41. The number of hydrogen-bond donors (Lipinski definition) is 0. The van der Waals surface area contributed by atoms with Gasteiger partial charge in [0.1, 0.15) is 11.9 Å². The number of ether oxygens (including phenoxy) is 1. The molecule has 5 heteroatoms. The average molecular weight is 317 g/mol. The third-order valence-electron chi connectivity index (χ3n) is 3.13. The fourth-order valence-electron chi connectivity index (χ4n) is 2.17. The predicted molar refractivity (Wildman–Crippen MR) is 84.8 cm³/mol. The average Bonchev–Trinajstić information content (AvgIpc) is 2.36. The molecule has 1 aromatic rings. The van der Waals surface area contributed by atoms with Crippen LogP contribution in [0, 0.1) is 0 Å². The largest absolute Gasteiger partial charge is 0.490 e. The molecule has 0 saturated heterocycles. The van der Waals surface area contributed by atoms with E-state index in [1.807, 2.05) is 12.1 Å². The van der Waals surface area contributed by atoms with Gasteiger partial charge in [-0.1, -0.05) is 0 Å². The number of fused-ring (bicyclic) bond motifs is 1. The SMILES string of the molecule is C[Si](C)(C)OCCC1CCc2cc(SCl)ccc2O1. The topological polar surface area (TPSA) is 18.5 Å². The van der Waals surface area contributed by atoms with Crippen molar-refractivity contribution < 1.29 is 9.16 Å². The molecule has 2 rings (SSSR count). The number of aryl methyl sites for hydroxylation is 1. The Morgan fingerprint density at radius 2 is 2.21 bits per heavy atom. The second-order valence-electron chi connectivity index (χ2n) is 5.87. The number of halogens is 1. The van der Waals surface area contributed by atoms with Crippen LogP contribution < -0.4 is 4.74 Å². The summed E-state index contributed by atoms with van der Waals surface area (Å²) in [5.41, 5.74) is 1.27. The van der Waals surface area contributed by atoms with Gasteiger partial charge in [0, 0.05) is 17.9 Å². The van der Waals surface area contributed by atoms with Crippen molar-refractivity contribution in [1.29, 1.82) is 0 Å². The Morgan fingerprint density at radius 3 is 2.89 bits per heavy atom. The standard InChI is InChI=1S/C14H21ClO2SSi/c1-19(2,3)16-9-8-12-5-4-11-10-13(18-15)6-7-14(11)17-12/h6-7,10,12H,4-5,8-9H2,1-3H3. The quantitative estimate of drug-likeness (QED) is 0.722. The maximum Gasteiger partial charge on any atom is 0.183 e. The minimum Gasteiger partial charge on any atom is -0.490 e. The van der Waals surface area contributed by atoms with Crippen LogP contribution in [-0.4, -0.2) is 21.0 Å². The van der Waals surface area contributed by atoms with E-state index >= 15 is 0 Å². The Morgan fingerprint density at radius 1 is 1.42 bits per heavy atom.